The minimum Gasteiger partial charge on any atom is -0.480 e. The van der Waals surface area contributed by atoms with Crippen molar-refractivity contribution in [3.05, 3.63) is 92.9 Å². The Balaban J connectivity index is 1.73. The predicted octanol–water partition coefficient (Wildman–Crippen LogP) is 4.25. The van der Waals surface area contributed by atoms with Gasteiger partial charge < -0.3 is 36.4 Å². The number of anilines is 2. The van der Waals surface area contributed by atoms with Gasteiger partial charge in [-0.15, -0.1) is 0 Å². The number of nitro groups is 1. The highest BCUT2D eigenvalue weighted by Gasteiger charge is 2.38. The van der Waals surface area contributed by atoms with E-state index in [1.807, 2.05) is 20.8 Å². The highest BCUT2D eigenvalue weighted by molar-refractivity contribution is 6.30. The van der Waals surface area contributed by atoms with E-state index in [1.54, 1.807) is 42.5 Å². The molecule has 3 atom stereocenters. The summed E-state index contributed by atoms with van der Waals surface area (Å²) >= 11 is 5.92. The van der Waals surface area contributed by atoms with Gasteiger partial charge in [0.15, 0.2) is 5.82 Å². The van der Waals surface area contributed by atoms with E-state index in [4.69, 9.17) is 11.6 Å². The molecule has 0 aromatic heterocycles. The van der Waals surface area contributed by atoms with Crippen molar-refractivity contribution in [1.29, 1.82) is 0 Å². The Labute approximate surface area is 287 Å². The monoisotopic (exact) mass is 698 g/mol. The van der Waals surface area contributed by atoms with Crippen LogP contribution in [0.5, 0.6) is 0 Å². The third kappa shape index (κ3) is 11.6. The quantitative estimate of drug-likeness (QED) is 0.0877. The summed E-state index contributed by atoms with van der Waals surface area (Å²) in [6.07, 6.45) is 3.38. The topological polar surface area (TPSA) is 220 Å². The number of nitrogens with zero attached hydrogens (tertiary/aromatic N) is 2. The summed E-state index contributed by atoms with van der Waals surface area (Å²) in [6.45, 7) is 6.82. The largest absolute Gasteiger partial charge is 0.480 e. The van der Waals surface area contributed by atoms with Gasteiger partial charge in [0.2, 0.25) is 17.7 Å². The van der Waals surface area contributed by atoms with Crippen molar-refractivity contribution in [2.75, 3.05) is 10.6 Å². The maximum absolute atomic E-state index is 13.5. The van der Waals surface area contributed by atoms with Crippen LogP contribution in [-0.4, -0.2) is 61.8 Å². The van der Waals surface area contributed by atoms with Crippen LogP contribution in [0.4, 0.5) is 11.4 Å². The molecule has 6 N–H and O–H groups in total. The smallest absolute Gasteiger partial charge is 0.326 e. The zero-order valence-electron chi connectivity index (χ0n) is 27.4. The number of hydrogen-bond donors (Lipinski definition) is 6. The second-order valence-corrected chi connectivity index (χ2v) is 13.0. The summed E-state index contributed by atoms with van der Waals surface area (Å²) < 4.78 is 0. The van der Waals surface area contributed by atoms with Crippen molar-refractivity contribution in [2.24, 2.45) is 5.41 Å². The summed E-state index contributed by atoms with van der Waals surface area (Å²) in [5.74, 6) is -4.18. The number of benzene rings is 2. The van der Waals surface area contributed by atoms with Crippen LogP contribution in [0.1, 0.15) is 64.1 Å². The number of carboxylic acid groups (broad SMARTS) is 2. The Morgan fingerprint density at radius 2 is 1.51 bits per heavy atom. The average molecular weight is 699 g/mol. The Morgan fingerprint density at radius 1 is 0.959 bits per heavy atom. The highest BCUT2D eigenvalue weighted by Crippen LogP contribution is 2.36. The normalized spacial score (nSPS) is 15.6. The number of carboxylic acids is 2. The van der Waals surface area contributed by atoms with Crippen LogP contribution in [-0.2, 0) is 30.5 Å². The van der Waals surface area contributed by atoms with E-state index in [9.17, 15) is 44.3 Å². The van der Waals surface area contributed by atoms with Crippen LogP contribution in [0, 0.1) is 15.5 Å². The van der Waals surface area contributed by atoms with Crippen molar-refractivity contribution < 1.29 is 39.1 Å². The number of amides is 3. The summed E-state index contributed by atoms with van der Waals surface area (Å²) in [4.78, 5) is 73.8. The van der Waals surface area contributed by atoms with Gasteiger partial charge in [-0.3, -0.25) is 24.5 Å². The van der Waals surface area contributed by atoms with E-state index in [-0.39, 0.29) is 37.0 Å². The Hall–Kier alpha value is -5.44. The van der Waals surface area contributed by atoms with Gasteiger partial charge in [-0.1, -0.05) is 50.6 Å². The third-order valence-electron chi connectivity index (χ3n) is 7.23. The lowest BCUT2D eigenvalue weighted by Gasteiger charge is -2.24. The molecule has 0 aliphatic carbocycles. The predicted molar refractivity (Wildman–Crippen MR) is 181 cm³/mol. The molecule has 2 aromatic carbocycles. The number of fused-ring (bicyclic) bond motifs is 1. The van der Waals surface area contributed by atoms with Gasteiger partial charge >= 0.3 is 11.9 Å². The van der Waals surface area contributed by atoms with Gasteiger partial charge in [-0.2, -0.15) is 0 Å². The SMILES string of the molecule is CC(=O)N1Cc2cc(N/C(=C\[N+](=O)[O-])Nc3ccc(Cl)cc3)ccc2C1C(=O)NC(C/C=C/CC(NC(=O)CC(C)(C)C)C(=O)O)C(=O)O. The van der Waals surface area contributed by atoms with Crippen molar-refractivity contribution in [3.63, 3.8) is 0 Å². The average Bonchev–Trinajstić information content (AvgIpc) is 3.37. The van der Waals surface area contributed by atoms with E-state index < -0.39 is 52.7 Å². The molecular weight excluding hydrogens is 660 g/mol. The molecule has 0 spiro atoms. The summed E-state index contributed by atoms with van der Waals surface area (Å²) in [6, 6.07) is 7.49. The first-order valence-corrected chi connectivity index (χ1v) is 15.6. The lowest BCUT2D eigenvalue weighted by Crippen LogP contribution is -2.46. The van der Waals surface area contributed by atoms with E-state index in [0.29, 0.717) is 27.5 Å². The number of aliphatic carboxylic acids is 2. The van der Waals surface area contributed by atoms with Crippen molar-refractivity contribution >= 4 is 52.6 Å². The lowest BCUT2D eigenvalue weighted by molar-refractivity contribution is -0.403. The first-order chi connectivity index (χ1) is 22.9. The molecule has 0 radical (unpaired) electrons. The minimum absolute atomic E-state index is 0.0202. The zero-order chi connectivity index (χ0) is 36.5. The molecular formula is C33H39ClN6O9. The van der Waals surface area contributed by atoms with E-state index in [2.05, 4.69) is 21.3 Å². The summed E-state index contributed by atoms with van der Waals surface area (Å²) in [5.41, 5.74) is 1.60. The molecule has 3 unspecified atom stereocenters. The molecule has 2 aromatic rings. The van der Waals surface area contributed by atoms with Crippen molar-refractivity contribution in [1.82, 2.24) is 15.5 Å². The van der Waals surface area contributed by atoms with Crippen molar-refractivity contribution in [3.8, 4) is 0 Å². The van der Waals surface area contributed by atoms with E-state index >= 15 is 0 Å². The maximum Gasteiger partial charge on any atom is 0.326 e. The summed E-state index contributed by atoms with van der Waals surface area (Å²) in [7, 11) is 0. The molecule has 0 bridgehead atoms. The Kier molecular flexibility index (Phi) is 12.9. The number of hydrogen-bond acceptors (Lipinski definition) is 9. The minimum atomic E-state index is -1.41. The zero-order valence-corrected chi connectivity index (χ0v) is 28.1. The number of nitrogens with one attached hydrogen (secondary N) is 4. The fourth-order valence-electron chi connectivity index (χ4n) is 5.04. The molecule has 16 heteroatoms. The molecule has 1 heterocycles. The summed E-state index contributed by atoms with van der Waals surface area (Å²) in [5, 5.41) is 41.8. The Bertz CT molecular complexity index is 1650. The standard InChI is InChI=1S/C33H39ClN6O9/c1-19(41)39-17-20-15-23(36-27(18-40(48)49)35-22-11-9-21(34)10-12-22)13-14-24(20)29(39)30(43)38-26(32(46)47)8-6-5-7-25(31(44)45)37-28(42)16-33(2,3)4/h5-6,9-15,18,25-26,29,35-36H,7-8,16-17H2,1-4H3,(H,37,42)(H,38,43)(H,44,45)(H,46,47)/b6-5+,27-18-. The van der Waals surface area contributed by atoms with Crippen LogP contribution in [0.3, 0.4) is 0 Å². The fourth-order valence-corrected chi connectivity index (χ4v) is 5.16. The lowest BCUT2D eigenvalue weighted by atomic mass is 9.92. The van der Waals surface area contributed by atoms with Crippen LogP contribution in [0.25, 0.3) is 0 Å². The van der Waals surface area contributed by atoms with Gasteiger partial charge in [0.1, 0.15) is 18.1 Å². The second-order valence-electron chi connectivity index (χ2n) is 12.6. The van der Waals surface area contributed by atoms with Gasteiger partial charge in [0, 0.05) is 36.3 Å². The number of halogens is 1. The third-order valence-corrected chi connectivity index (χ3v) is 7.48. The van der Waals surface area contributed by atoms with Crippen LogP contribution < -0.4 is 21.3 Å². The molecule has 0 saturated heterocycles. The van der Waals surface area contributed by atoms with E-state index in [1.165, 1.54) is 24.0 Å². The first kappa shape index (κ1) is 38.0. The molecule has 0 saturated carbocycles. The second kappa shape index (κ2) is 16.6. The van der Waals surface area contributed by atoms with Crippen molar-refractivity contribution in [2.45, 2.75) is 71.6 Å². The fraction of sp³-hybridized carbons (Fsp3) is 0.364. The van der Waals surface area contributed by atoms with Gasteiger partial charge in [0.05, 0.1) is 4.92 Å². The van der Waals surface area contributed by atoms with E-state index in [0.717, 1.165) is 6.20 Å². The van der Waals surface area contributed by atoms with Gasteiger partial charge in [-0.25, -0.2) is 9.59 Å². The molecule has 1 aliphatic heterocycles. The molecule has 0 fully saturated rings. The number of rotatable bonds is 15. The number of carbonyl (C=O) groups excluding carboxylic acids is 3. The van der Waals surface area contributed by atoms with Gasteiger partial charge in [-0.05, 0) is 65.8 Å². The van der Waals surface area contributed by atoms with Gasteiger partial charge in [0.25, 0.3) is 6.20 Å². The molecule has 3 rings (SSSR count). The molecule has 49 heavy (non-hydrogen) atoms. The molecule has 1 aliphatic rings. The molecule has 3 amide bonds. The highest BCUT2D eigenvalue weighted by atomic mass is 35.5. The first-order valence-electron chi connectivity index (χ1n) is 15.2. The van der Waals surface area contributed by atoms with Crippen LogP contribution >= 0.6 is 11.6 Å². The maximum atomic E-state index is 13.5. The molecule has 15 nitrogen and oxygen atoms in total. The molecule has 262 valence electrons. The van der Waals surface area contributed by atoms with Crippen LogP contribution in [0.2, 0.25) is 5.02 Å². The number of carbonyl (C=O) groups is 5. The van der Waals surface area contributed by atoms with Crippen LogP contribution in [0.15, 0.2) is 66.6 Å². The Morgan fingerprint density at radius 3 is 2.04 bits per heavy atom.